The summed E-state index contributed by atoms with van der Waals surface area (Å²) < 4.78 is 8.56. The summed E-state index contributed by atoms with van der Waals surface area (Å²) in [6.07, 6.45) is 0. The molecule has 1 unspecified atom stereocenters. The van der Waals surface area contributed by atoms with E-state index >= 15 is 0 Å². The molecule has 2 heterocycles. The van der Waals surface area contributed by atoms with Crippen LogP contribution in [0, 0.1) is 0 Å². The summed E-state index contributed by atoms with van der Waals surface area (Å²) in [6.45, 7) is 6.76. The molecule has 1 aliphatic rings. The first kappa shape index (κ1) is 13.9. The van der Waals surface area contributed by atoms with Crippen molar-refractivity contribution >= 4 is 32.9 Å². The van der Waals surface area contributed by atoms with Crippen molar-refractivity contribution in [2.45, 2.75) is 13.0 Å². The van der Waals surface area contributed by atoms with Crippen LogP contribution in [-0.2, 0) is 4.74 Å². The number of fused-ring (bicyclic) bond motifs is 1. The molecule has 1 aliphatic heterocycles. The zero-order valence-corrected chi connectivity index (χ0v) is 13.1. The molecule has 6 heteroatoms. The molecule has 1 aromatic carbocycles. The summed E-state index contributed by atoms with van der Waals surface area (Å²) in [7, 11) is 0. The monoisotopic (exact) mass is 338 g/mol. The lowest BCUT2D eigenvalue weighted by Crippen LogP contribution is -2.39. The fourth-order valence-corrected chi connectivity index (χ4v) is 3.14. The van der Waals surface area contributed by atoms with Crippen molar-refractivity contribution in [2.24, 2.45) is 0 Å². The number of morpholine rings is 1. The van der Waals surface area contributed by atoms with Gasteiger partial charge in [0.25, 0.3) is 0 Å². The van der Waals surface area contributed by atoms with Crippen LogP contribution in [0.25, 0.3) is 11.0 Å². The Labute approximate surface area is 126 Å². The fourth-order valence-electron chi connectivity index (χ4n) is 2.79. The van der Waals surface area contributed by atoms with Gasteiger partial charge in [-0.3, -0.25) is 4.90 Å². The second-order valence-electron chi connectivity index (χ2n) is 5.24. The van der Waals surface area contributed by atoms with Gasteiger partial charge in [0.1, 0.15) is 0 Å². The molecule has 5 nitrogen and oxygen atoms in total. The van der Waals surface area contributed by atoms with E-state index in [2.05, 4.69) is 43.4 Å². The molecular weight excluding hydrogens is 320 g/mol. The molecule has 108 valence electrons. The van der Waals surface area contributed by atoms with Gasteiger partial charge in [-0.15, -0.1) is 0 Å². The largest absolute Gasteiger partial charge is 0.379 e. The van der Waals surface area contributed by atoms with E-state index < -0.39 is 0 Å². The summed E-state index contributed by atoms with van der Waals surface area (Å²) in [4.78, 5) is 6.86. The van der Waals surface area contributed by atoms with Gasteiger partial charge in [0, 0.05) is 30.1 Å². The number of benzene rings is 1. The Morgan fingerprint density at radius 3 is 2.90 bits per heavy atom. The molecule has 1 aromatic heterocycles. The second kappa shape index (κ2) is 5.71. The predicted octanol–water partition coefficient (Wildman–Crippen LogP) is 2.27. The van der Waals surface area contributed by atoms with Gasteiger partial charge in [0.15, 0.2) is 0 Å². The van der Waals surface area contributed by atoms with Crippen LogP contribution in [-0.4, -0.2) is 47.3 Å². The highest BCUT2D eigenvalue weighted by atomic mass is 79.9. The number of nitrogen functional groups attached to an aromatic ring is 1. The van der Waals surface area contributed by atoms with Crippen molar-refractivity contribution in [3.05, 3.63) is 22.7 Å². The van der Waals surface area contributed by atoms with E-state index in [4.69, 9.17) is 10.5 Å². The first-order chi connectivity index (χ1) is 9.65. The zero-order chi connectivity index (χ0) is 14.1. The molecule has 0 aliphatic carbocycles. The summed E-state index contributed by atoms with van der Waals surface area (Å²) in [5.41, 5.74) is 8.13. The quantitative estimate of drug-likeness (QED) is 0.932. The first-order valence-corrected chi connectivity index (χ1v) is 7.67. The smallest absolute Gasteiger partial charge is 0.201 e. The van der Waals surface area contributed by atoms with E-state index in [0.717, 1.165) is 48.4 Å². The minimum Gasteiger partial charge on any atom is -0.379 e. The normalized spacial score (nSPS) is 18.5. The fraction of sp³-hybridized carbons (Fsp3) is 0.500. The molecule has 0 radical (unpaired) electrons. The van der Waals surface area contributed by atoms with E-state index in [1.165, 1.54) is 0 Å². The number of aromatic nitrogens is 2. The highest BCUT2D eigenvalue weighted by Crippen LogP contribution is 2.26. The molecular formula is C14H19BrN4O. The van der Waals surface area contributed by atoms with Crippen molar-refractivity contribution in [2.75, 3.05) is 38.6 Å². The summed E-state index contributed by atoms with van der Waals surface area (Å²) in [5, 5.41) is 0. The Morgan fingerprint density at radius 2 is 2.15 bits per heavy atom. The SMILES string of the molecule is CC(CN1CCOCC1)n1c(N)nc2ccc(Br)cc21. The van der Waals surface area contributed by atoms with Gasteiger partial charge in [0.2, 0.25) is 5.95 Å². The van der Waals surface area contributed by atoms with Gasteiger partial charge in [-0.25, -0.2) is 4.98 Å². The number of ether oxygens (including phenoxy) is 1. The van der Waals surface area contributed by atoms with Gasteiger partial charge in [-0.1, -0.05) is 15.9 Å². The van der Waals surface area contributed by atoms with Crippen molar-refractivity contribution in [1.82, 2.24) is 14.5 Å². The maximum Gasteiger partial charge on any atom is 0.201 e. The Hall–Kier alpha value is -1.11. The molecule has 2 N–H and O–H groups in total. The van der Waals surface area contributed by atoms with Crippen LogP contribution < -0.4 is 5.73 Å². The lowest BCUT2D eigenvalue weighted by molar-refractivity contribution is 0.0329. The minimum absolute atomic E-state index is 0.285. The third kappa shape index (κ3) is 2.68. The van der Waals surface area contributed by atoms with Crippen LogP contribution in [0.15, 0.2) is 22.7 Å². The Balaban J connectivity index is 1.88. The standard InChI is InChI=1S/C14H19BrN4O/c1-10(9-18-4-6-20-7-5-18)19-13-8-11(15)2-3-12(13)17-14(19)16/h2-3,8,10H,4-7,9H2,1H3,(H2,16,17). The van der Waals surface area contributed by atoms with E-state index in [9.17, 15) is 0 Å². The van der Waals surface area contributed by atoms with E-state index in [1.807, 2.05) is 12.1 Å². The molecule has 0 amide bonds. The predicted molar refractivity (Wildman–Crippen MR) is 83.8 cm³/mol. The van der Waals surface area contributed by atoms with Crippen LogP contribution in [0.2, 0.25) is 0 Å². The second-order valence-corrected chi connectivity index (χ2v) is 6.15. The molecule has 1 atom stereocenters. The summed E-state index contributed by atoms with van der Waals surface area (Å²) in [6, 6.07) is 6.35. The van der Waals surface area contributed by atoms with Crippen LogP contribution in [0.3, 0.4) is 0 Å². The number of nitrogens with two attached hydrogens (primary N) is 1. The third-order valence-corrected chi connectivity index (χ3v) is 4.24. The summed E-state index contributed by atoms with van der Waals surface area (Å²) >= 11 is 3.51. The van der Waals surface area contributed by atoms with E-state index in [1.54, 1.807) is 0 Å². The maximum atomic E-state index is 6.10. The number of anilines is 1. The Kier molecular flexibility index (Phi) is 3.96. The molecule has 0 saturated carbocycles. The van der Waals surface area contributed by atoms with Crippen molar-refractivity contribution in [3.8, 4) is 0 Å². The van der Waals surface area contributed by atoms with Gasteiger partial charge >= 0.3 is 0 Å². The molecule has 1 fully saturated rings. The third-order valence-electron chi connectivity index (χ3n) is 3.75. The zero-order valence-electron chi connectivity index (χ0n) is 11.6. The number of hydrogen-bond acceptors (Lipinski definition) is 4. The molecule has 2 aromatic rings. The Morgan fingerprint density at radius 1 is 1.40 bits per heavy atom. The number of halogens is 1. The number of rotatable bonds is 3. The van der Waals surface area contributed by atoms with Gasteiger partial charge in [0.05, 0.1) is 24.2 Å². The summed E-state index contributed by atoms with van der Waals surface area (Å²) in [5.74, 6) is 0.582. The maximum absolute atomic E-state index is 6.10. The van der Waals surface area contributed by atoms with E-state index in [-0.39, 0.29) is 6.04 Å². The number of hydrogen-bond donors (Lipinski definition) is 1. The number of nitrogens with zero attached hydrogens (tertiary/aromatic N) is 3. The minimum atomic E-state index is 0.285. The average molecular weight is 339 g/mol. The van der Waals surface area contributed by atoms with Crippen LogP contribution in [0.1, 0.15) is 13.0 Å². The van der Waals surface area contributed by atoms with Gasteiger partial charge < -0.3 is 15.0 Å². The van der Waals surface area contributed by atoms with E-state index in [0.29, 0.717) is 5.95 Å². The van der Waals surface area contributed by atoms with Gasteiger partial charge in [-0.05, 0) is 25.1 Å². The molecule has 0 spiro atoms. The molecule has 3 rings (SSSR count). The molecule has 0 bridgehead atoms. The highest BCUT2D eigenvalue weighted by Gasteiger charge is 2.18. The Bertz CT molecular complexity index is 606. The van der Waals surface area contributed by atoms with Crippen molar-refractivity contribution in [1.29, 1.82) is 0 Å². The lowest BCUT2D eigenvalue weighted by Gasteiger charge is -2.30. The van der Waals surface area contributed by atoms with Crippen molar-refractivity contribution < 1.29 is 4.74 Å². The molecule has 1 saturated heterocycles. The lowest BCUT2D eigenvalue weighted by atomic mass is 10.2. The van der Waals surface area contributed by atoms with Crippen molar-refractivity contribution in [3.63, 3.8) is 0 Å². The number of imidazole rings is 1. The molecule has 20 heavy (non-hydrogen) atoms. The van der Waals surface area contributed by atoms with Gasteiger partial charge in [-0.2, -0.15) is 0 Å². The first-order valence-electron chi connectivity index (χ1n) is 6.88. The average Bonchev–Trinajstić information content (AvgIpc) is 2.75. The topological polar surface area (TPSA) is 56.3 Å². The van der Waals surface area contributed by atoms with Crippen LogP contribution in [0.4, 0.5) is 5.95 Å². The van der Waals surface area contributed by atoms with Crippen LogP contribution in [0.5, 0.6) is 0 Å². The highest BCUT2D eigenvalue weighted by molar-refractivity contribution is 9.10. The van der Waals surface area contributed by atoms with Crippen LogP contribution >= 0.6 is 15.9 Å².